The first-order valence-electron chi connectivity index (χ1n) is 6.47. The van der Waals surface area contributed by atoms with E-state index in [9.17, 15) is 4.79 Å². The fourth-order valence-electron chi connectivity index (χ4n) is 2.15. The van der Waals surface area contributed by atoms with Crippen molar-refractivity contribution >= 4 is 22.8 Å². The van der Waals surface area contributed by atoms with E-state index in [1.54, 1.807) is 11.6 Å². The number of aromatic nitrogens is 3. The normalized spacial score (nSPS) is 11.0. The Morgan fingerprint density at radius 1 is 1.43 bits per heavy atom. The van der Waals surface area contributed by atoms with E-state index in [4.69, 9.17) is 14.9 Å². The zero-order valence-electron chi connectivity index (χ0n) is 11.7. The van der Waals surface area contributed by atoms with Crippen LogP contribution in [0.2, 0.25) is 0 Å². The van der Waals surface area contributed by atoms with Gasteiger partial charge in [-0.2, -0.15) is 10.1 Å². The molecule has 0 fully saturated rings. The molecule has 0 aliphatic rings. The molecule has 0 aliphatic heterocycles. The largest absolute Gasteiger partial charge is 0.461 e. The lowest BCUT2D eigenvalue weighted by molar-refractivity contribution is 0.0521. The first kappa shape index (κ1) is 13.2. The van der Waals surface area contributed by atoms with Crippen molar-refractivity contribution in [3.05, 3.63) is 30.0 Å². The monoisotopic (exact) mass is 286 g/mol. The SMILES string of the molecule is CCOC(=O)c1nc(-c2nn(C)c3ccccc23)oc1N. The summed E-state index contributed by atoms with van der Waals surface area (Å²) in [5.74, 6) is -0.476. The Balaban J connectivity index is 2.12. The molecule has 0 unspecified atom stereocenters. The Morgan fingerprint density at radius 3 is 2.95 bits per heavy atom. The fraction of sp³-hybridized carbons (Fsp3) is 0.214. The Morgan fingerprint density at radius 2 is 2.19 bits per heavy atom. The van der Waals surface area contributed by atoms with Crippen LogP contribution in [0.25, 0.3) is 22.5 Å². The number of anilines is 1. The number of benzene rings is 1. The number of hydrogen-bond acceptors (Lipinski definition) is 6. The van der Waals surface area contributed by atoms with Crippen molar-refractivity contribution in [2.75, 3.05) is 12.3 Å². The number of oxazole rings is 1. The van der Waals surface area contributed by atoms with Gasteiger partial charge in [0.25, 0.3) is 5.89 Å². The van der Waals surface area contributed by atoms with Gasteiger partial charge in [-0.1, -0.05) is 18.2 Å². The summed E-state index contributed by atoms with van der Waals surface area (Å²) in [6.45, 7) is 1.95. The van der Waals surface area contributed by atoms with Gasteiger partial charge in [-0.25, -0.2) is 4.79 Å². The molecule has 0 radical (unpaired) electrons. The molecule has 2 N–H and O–H groups in total. The predicted octanol–water partition coefficient (Wildman–Crippen LogP) is 1.99. The van der Waals surface area contributed by atoms with Crippen LogP contribution in [0.5, 0.6) is 0 Å². The number of nitrogen functional groups attached to an aromatic ring is 1. The minimum atomic E-state index is -0.606. The molecule has 0 aliphatic carbocycles. The van der Waals surface area contributed by atoms with Crippen LogP contribution in [0, 0.1) is 0 Å². The van der Waals surface area contributed by atoms with E-state index in [2.05, 4.69) is 10.1 Å². The molecule has 1 aromatic carbocycles. The van der Waals surface area contributed by atoms with Gasteiger partial charge < -0.3 is 14.9 Å². The summed E-state index contributed by atoms with van der Waals surface area (Å²) in [5, 5.41) is 5.24. The summed E-state index contributed by atoms with van der Waals surface area (Å²) in [6, 6.07) is 7.65. The van der Waals surface area contributed by atoms with Crippen LogP contribution in [-0.2, 0) is 11.8 Å². The van der Waals surface area contributed by atoms with Gasteiger partial charge in [0.15, 0.2) is 5.69 Å². The van der Waals surface area contributed by atoms with Crippen molar-refractivity contribution in [1.82, 2.24) is 14.8 Å². The maximum Gasteiger partial charge on any atom is 0.362 e. The minimum absolute atomic E-state index is 0.0263. The fourth-order valence-corrected chi connectivity index (χ4v) is 2.15. The van der Waals surface area contributed by atoms with Crippen molar-refractivity contribution < 1.29 is 13.9 Å². The molecule has 21 heavy (non-hydrogen) atoms. The van der Waals surface area contributed by atoms with Crippen LogP contribution in [0.4, 0.5) is 5.88 Å². The van der Waals surface area contributed by atoms with Crippen LogP contribution >= 0.6 is 0 Å². The number of ether oxygens (including phenoxy) is 1. The molecule has 2 aromatic heterocycles. The molecular weight excluding hydrogens is 272 g/mol. The second-order valence-electron chi connectivity index (χ2n) is 4.44. The van der Waals surface area contributed by atoms with E-state index < -0.39 is 5.97 Å². The lowest BCUT2D eigenvalue weighted by Gasteiger charge is -1.96. The maximum atomic E-state index is 11.7. The molecule has 0 saturated carbocycles. The van der Waals surface area contributed by atoms with Gasteiger partial charge >= 0.3 is 5.97 Å². The van der Waals surface area contributed by atoms with Gasteiger partial charge in [-0.05, 0) is 13.0 Å². The number of nitrogens with zero attached hydrogens (tertiary/aromatic N) is 3. The zero-order valence-corrected chi connectivity index (χ0v) is 11.7. The number of para-hydroxylation sites is 1. The standard InChI is InChI=1S/C14H14N4O3/c1-3-20-14(19)11-12(15)21-13(16-11)10-8-6-4-5-7-9(8)18(2)17-10/h4-7H,3,15H2,1-2H3. The molecule has 0 amide bonds. The van der Waals surface area contributed by atoms with Gasteiger partial charge in [-0.3, -0.25) is 4.68 Å². The van der Waals surface area contributed by atoms with E-state index in [1.807, 2.05) is 31.3 Å². The minimum Gasteiger partial charge on any atom is -0.461 e. The third-order valence-electron chi connectivity index (χ3n) is 3.08. The van der Waals surface area contributed by atoms with Gasteiger partial charge in [0.1, 0.15) is 0 Å². The van der Waals surface area contributed by atoms with Gasteiger partial charge in [0, 0.05) is 12.4 Å². The molecule has 3 rings (SSSR count). The van der Waals surface area contributed by atoms with E-state index in [0.29, 0.717) is 5.69 Å². The highest BCUT2D eigenvalue weighted by Gasteiger charge is 2.23. The number of carbonyl (C=O) groups is 1. The topological polar surface area (TPSA) is 96.2 Å². The molecule has 7 nitrogen and oxygen atoms in total. The van der Waals surface area contributed by atoms with Crippen LogP contribution in [0.3, 0.4) is 0 Å². The van der Waals surface area contributed by atoms with Crippen LogP contribution in [0.1, 0.15) is 17.4 Å². The van der Waals surface area contributed by atoms with Gasteiger partial charge in [0.05, 0.1) is 12.1 Å². The highest BCUT2D eigenvalue weighted by molar-refractivity contribution is 5.95. The van der Waals surface area contributed by atoms with Crippen molar-refractivity contribution in [2.45, 2.75) is 6.92 Å². The van der Waals surface area contributed by atoms with Crippen molar-refractivity contribution in [3.8, 4) is 11.6 Å². The molecule has 2 heterocycles. The number of carbonyl (C=O) groups excluding carboxylic acids is 1. The first-order valence-corrected chi connectivity index (χ1v) is 6.47. The second kappa shape index (κ2) is 4.93. The lowest BCUT2D eigenvalue weighted by atomic mass is 10.2. The summed E-state index contributed by atoms with van der Waals surface area (Å²) in [6.07, 6.45) is 0. The molecule has 108 valence electrons. The average Bonchev–Trinajstić information content (AvgIpc) is 3.01. The highest BCUT2D eigenvalue weighted by Crippen LogP contribution is 2.29. The number of fused-ring (bicyclic) bond motifs is 1. The van der Waals surface area contributed by atoms with Crippen molar-refractivity contribution in [3.63, 3.8) is 0 Å². The number of aryl methyl sites for hydroxylation is 1. The van der Waals surface area contributed by atoms with Crippen LogP contribution < -0.4 is 5.73 Å². The van der Waals surface area contributed by atoms with Crippen LogP contribution in [0.15, 0.2) is 28.7 Å². The van der Waals surface area contributed by atoms with Gasteiger partial charge in [0.2, 0.25) is 11.6 Å². The number of rotatable bonds is 3. The van der Waals surface area contributed by atoms with E-state index in [-0.39, 0.29) is 24.1 Å². The van der Waals surface area contributed by atoms with Crippen molar-refractivity contribution in [1.29, 1.82) is 0 Å². The average molecular weight is 286 g/mol. The molecule has 3 aromatic rings. The highest BCUT2D eigenvalue weighted by atomic mass is 16.5. The Hall–Kier alpha value is -2.83. The molecule has 0 spiro atoms. The summed E-state index contributed by atoms with van der Waals surface area (Å²) < 4.78 is 12.0. The zero-order chi connectivity index (χ0) is 15.0. The third kappa shape index (κ3) is 2.12. The molecular formula is C14H14N4O3. The molecule has 0 bridgehead atoms. The predicted molar refractivity (Wildman–Crippen MR) is 76.6 cm³/mol. The molecule has 7 heteroatoms. The smallest absolute Gasteiger partial charge is 0.362 e. The summed E-state index contributed by atoms with van der Waals surface area (Å²) in [7, 11) is 1.82. The van der Waals surface area contributed by atoms with Crippen molar-refractivity contribution in [2.24, 2.45) is 7.05 Å². The van der Waals surface area contributed by atoms with E-state index in [1.165, 1.54) is 0 Å². The summed E-state index contributed by atoms with van der Waals surface area (Å²) in [5.41, 5.74) is 7.14. The van der Waals surface area contributed by atoms with Gasteiger partial charge in [-0.15, -0.1) is 0 Å². The Bertz CT molecular complexity index is 819. The maximum absolute atomic E-state index is 11.7. The van der Waals surface area contributed by atoms with Crippen LogP contribution in [-0.4, -0.2) is 27.3 Å². The molecule has 0 atom stereocenters. The number of hydrogen-bond donors (Lipinski definition) is 1. The second-order valence-corrected chi connectivity index (χ2v) is 4.44. The quantitative estimate of drug-likeness (QED) is 0.740. The summed E-state index contributed by atoms with van der Waals surface area (Å²) in [4.78, 5) is 15.8. The van der Waals surface area contributed by atoms with E-state index in [0.717, 1.165) is 10.9 Å². The Labute approximate surface area is 120 Å². The first-order chi connectivity index (χ1) is 10.1. The third-order valence-corrected chi connectivity index (χ3v) is 3.08. The number of esters is 1. The number of nitrogens with two attached hydrogens (primary N) is 1. The van der Waals surface area contributed by atoms with E-state index >= 15 is 0 Å². The lowest BCUT2D eigenvalue weighted by Crippen LogP contribution is -2.07. The Kier molecular flexibility index (Phi) is 3.09. The summed E-state index contributed by atoms with van der Waals surface area (Å²) >= 11 is 0. The molecule has 0 saturated heterocycles.